The summed E-state index contributed by atoms with van der Waals surface area (Å²) in [6.07, 6.45) is -0.728. The number of rotatable bonds is 14. The van der Waals surface area contributed by atoms with Crippen molar-refractivity contribution in [3.05, 3.63) is 97.2 Å². The first-order valence-corrected chi connectivity index (χ1v) is 12.2. The third kappa shape index (κ3) is 8.48. The standard InChI is InChI=1S/C28H27F3N6O5/c1-3-13-40-20-11-8-17(15-22(20)41-14-4-2)24(26(38)37-36-23-7-5-6-12-34-23)35-18-9-10-19(25(32)33)21(16-18)42-27(39)28(29,30)31/h3-12,15-16,24,35H,1-2,13-14H2,(H3,32,33)(H,34,36)(H,37,38). The van der Waals surface area contributed by atoms with Crippen LogP contribution in [0.3, 0.4) is 0 Å². The molecule has 1 amide bonds. The van der Waals surface area contributed by atoms with E-state index >= 15 is 0 Å². The largest absolute Gasteiger partial charge is 0.491 e. The third-order valence-corrected chi connectivity index (χ3v) is 5.27. The van der Waals surface area contributed by atoms with Crippen LogP contribution in [0.4, 0.5) is 24.7 Å². The number of hydrogen-bond donors (Lipinski definition) is 5. The first-order chi connectivity index (χ1) is 20.0. The molecule has 14 heteroatoms. The van der Waals surface area contributed by atoms with Gasteiger partial charge in [0, 0.05) is 18.0 Å². The van der Waals surface area contributed by atoms with Gasteiger partial charge in [-0.25, -0.2) is 9.78 Å². The fraction of sp³-hybridized carbons (Fsp3) is 0.143. The summed E-state index contributed by atoms with van der Waals surface area (Å²) in [4.78, 5) is 29.0. The summed E-state index contributed by atoms with van der Waals surface area (Å²) < 4.78 is 54.5. The molecule has 0 aliphatic rings. The first-order valence-electron chi connectivity index (χ1n) is 12.2. The van der Waals surface area contributed by atoms with E-state index in [4.69, 9.17) is 20.6 Å². The predicted molar refractivity (Wildman–Crippen MR) is 149 cm³/mol. The van der Waals surface area contributed by atoms with Gasteiger partial charge in [0.2, 0.25) is 0 Å². The van der Waals surface area contributed by atoms with E-state index in [0.29, 0.717) is 17.1 Å². The number of amides is 1. The third-order valence-electron chi connectivity index (χ3n) is 5.27. The smallest absolute Gasteiger partial charge is 0.486 e. The molecule has 0 spiro atoms. The summed E-state index contributed by atoms with van der Waals surface area (Å²) in [5.41, 5.74) is 10.8. The van der Waals surface area contributed by atoms with E-state index in [1.807, 2.05) is 0 Å². The van der Waals surface area contributed by atoms with Crippen molar-refractivity contribution in [2.45, 2.75) is 12.2 Å². The molecule has 220 valence electrons. The molecule has 3 aromatic rings. The zero-order chi connectivity index (χ0) is 30.7. The molecule has 0 radical (unpaired) electrons. The van der Waals surface area contributed by atoms with Gasteiger partial charge in [0.1, 0.15) is 36.7 Å². The van der Waals surface area contributed by atoms with Crippen LogP contribution in [-0.4, -0.2) is 42.1 Å². The Hall–Kier alpha value is -5.53. The summed E-state index contributed by atoms with van der Waals surface area (Å²) in [7, 11) is 0. The van der Waals surface area contributed by atoms with Crippen molar-refractivity contribution in [1.82, 2.24) is 10.4 Å². The SMILES string of the molecule is C=CCOc1ccc(C(Nc2ccc(C(=N)N)c(OC(=O)C(F)(F)F)c2)C(=O)NNc2ccccn2)cc1OCC=C. The molecule has 42 heavy (non-hydrogen) atoms. The van der Waals surface area contributed by atoms with Gasteiger partial charge in [-0.05, 0) is 42.0 Å². The number of nitrogens with zero attached hydrogens (tertiary/aromatic N) is 1. The lowest BCUT2D eigenvalue weighted by molar-refractivity contribution is -0.189. The maximum absolute atomic E-state index is 13.4. The Morgan fingerprint density at radius 2 is 1.71 bits per heavy atom. The number of amidine groups is 1. The predicted octanol–water partition coefficient (Wildman–Crippen LogP) is 4.26. The van der Waals surface area contributed by atoms with E-state index in [2.05, 4.69) is 39.0 Å². The van der Waals surface area contributed by atoms with Gasteiger partial charge >= 0.3 is 12.1 Å². The fourth-order valence-corrected chi connectivity index (χ4v) is 3.41. The molecule has 0 saturated heterocycles. The second kappa shape index (κ2) is 14.2. The van der Waals surface area contributed by atoms with E-state index in [1.54, 1.807) is 36.4 Å². The molecule has 0 fully saturated rings. The van der Waals surface area contributed by atoms with Crippen LogP contribution in [0.25, 0.3) is 0 Å². The lowest BCUT2D eigenvalue weighted by Crippen LogP contribution is -2.37. The molecule has 6 N–H and O–H groups in total. The number of hydrazine groups is 1. The van der Waals surface area contributed by atoms with Crippen LogP contribution in [0, 0.1) is 5.41 Å². The molecular weight excluding hydrogens is 557 g/mol. The molecule has 1 aromatic heterocycles. The number of esters is 1. The molecule has 1 heterocycles. The van der Waals surface area contributed by atoms with Gasteiger partial charge in [0.05, 0.1) is 5.56 Å². The molecule has 0 aliphatic heterocycles. The van der Waals surface area contributed by atoms with Crippen LogP contribution in [0.5, 0.6) is 17.2 Å². The maximum atomic E-state index is 13.4. The minimum absolute atomic E-state index is 0.0588. The fourth-order valence-electron chi connectivity index (χ4n) is 3.41. The van der Waals surface area contributed by atoms with Gasteiger partial charge in [0.25, 0.3) is 5.91 Å². The van der Waals surface area contributed by atoms with Crippen LogP contribution < -0.4 is 36.1 Å². The summed E-state index contributed by atoms with van der Waals surface area (Å²) in [6, 6.07) is 12.0. The number of alkyl halides is 3. The highest BCUT2D eigenvalue weighted by atomic mass is 19.4. The topological polar surface area (TPSA) is 161 Å². The Morgan fingerprint density at radius 3 is 2.33 bits per heavy atom. The van der Waals surface area contributed by atoms with Crippen molar-refractivity contribution in [3.8, 4) is 17.2 Å². The van der Waals surface area contributed by atoms with Crippen LogP contribution in [0.15, 0.2) is 86.1 Å². The molecule has 1 atom stereocenters. The second-order valence-corrected chi connectivity index (χ2v) is 8.32. The average Bonchev–Trinajstić information content (AvgIpc) is 2.96. The minimum atomic E-state index is -5.30. The number of hydrogen-bond acceptors (Lipinski definition) is 9. The summed E-state index contributed by atoms with van der Waals surface area (Å²) in [5.74, 6) is -3.45. The van der Waals surface area contributed by atoms with Crippen molar-refractivity contribution < 1.29 is 37.0 Å². The van der Waals surface area contributed by atoms with E-state index in [-0.39, 0.29) is 30.2 Å². The number of nitrogen functional groups attached to an aromatic ring is 1. The van der Waals surface area contributed by atoms with Gasteiger partial charge in [-0.3, -0.25) is 21.1 Å². The quantitative estimate of drug-likeness (QED) is 0.0466. The zero-order valence-electron chi connectivity index (χ0n) is 22.0. The minimum Gasteiger partial charge on any atom is -0.486 e. The maximum Gasteiger partial charge on any atom is 0.491 e. The Balaban J connectivity index is 2.01. The number of carbonyl (C=O) groups is 2. The molecule has 0 aliphatic carbocycles. The van der Waals surface area contributed by atoms with Crippen molar-refractivity contribution in [2.75, 3.05) is 24.0 Å². The summed E-state index contributed by atoms with van der Waals surface area (Å²) in [5, 5.41) is 10.5. The molecule has 0 saturated carbocycles. The molecular formula is C28H27F3N6O5. The van der Waals surface area contributed by atoms with E-state index in [9.17, 15) is 22.8 Å². The number of nitrogens with one attached hydrogen (secondary N) is 4. The zero-order valence-corrected chi connectivity index (χ0v) is 22.0. The monoisotopic (exact) mass is 584 g/mol. The molecule has 1 unspecified atom stereocenters. The van der Waals surface area contributed by atoms with E-state index in [1.165, 1.54) is 30.5 Å². The number of aromatic nitrogens is 1. The highest BCUT2D eigenvalue weighted by Gasteiger charge is 2.42. The second-order valence-electron chi connectivity index (χ2n) is 8.32. The normalized spacial score (nSPS) is 11.4. The lowest BCUT2D eigenvalue weighted by Gasteiger charge is -2.22. The Bertz CT molecular complexity index is 1450. The van der Waals surface area contributed by atoms with Crippen LogP contribution in [0.1, 0.15) is 17.2 Å². The highest BCUT2D eigenvalue weighted by molar-refractivity contribution is 5.99. The van der Waals surface area contributed by atoms with Gasteiger partial charge < -0.3 is 25.3 Å². The van der Waals surface area contributed by atoms with E-state index in [0.717, 1.165) is 6.07 Å². The van der Waals surface area contributed by atoms with Gasteiger partial charge in [-0.15, -0.1) is 0 Å². The Labute approximate surface area is 238 Å². The number of carbonyl (C=O) groups excluding carboxylic acids is 2. The number of pyridine rings is 1. The lowest BCUT2D eigenvalue weighted by atomic mass is 10.0. The Kier molecular flexibility index (Phi) is 10.5. The van der Waals surface area contributed by atoms with Gasteiger partial charge in [-0.1, -0.05) is 37.4 Å². The van der Waals surface area contributed by atoms with Crippen LogP contribution in [0.2, 0.25) is 0 Å². The Morgan fingerprint density at radius 1 is 1.00 bits per heavy atom. The van der Waals surface area contributed by atoms with Crippen molar-refractivity contribution in [1.29, 1.82) is 5.41 Å². The van der Waals surface area contributed by atoms with Crippen molar-refractivity contribution in [3.63, 3.8) is 0 Å². The van der Waals surface area contributed by atoms with Gasteiger partial charge in [-0.2, -0.15) is 13.2 Å². The molecule has 11 nitrogen and oxygen atoms in total. The number of benzene rings is 2. The highest BCUT2D eigenvalue weighted by Crippen LogP contribution is 2.33. The van der Waals surface area contributed by atoms with Crippen LogP contribution in [-0.2, 0) is 9.59 Å². The van der Waals surface area contributed by atoms with E-state index < -0.39 is 35.7 Å². The molecule has 3 rings (SSSR count). The van der Waals surface area contributed by atoms with Gasteiger partial charge in [0.15, 0.2) is 11.5 Å². The molecule has 2 aromatic carbocycles. The summed E-state index contributed by atoms with van der Waals surface area (Å²) in [6.45, 7) is 7.54. The van der Waals surface area contributed by atoms with Crippen molar-refractivity contribution in [2.24, 2.45) is 5.73 Å². The number of anilines is 2. The first kappa shape index (κ1) is 31.0. The summed E-state index contributed by atoms with van der Waals surface area (Å²) >= 11 is 0. The number of halogens is 3. The number of nitrogens with two attached hydrogens (primary N) is 1. The van der Waals surface area contributed by atoms with Crippen molar-refractivity contribution >= 4 is 29.2 Å². The average molecular weight is 585 g/mol. The number of ether oxygens (including phenoxy) is 3. The van der Waals surface area contributed by atoms with Crippen LogP contribution >= 0.6 is 0 Å². The molecule has 0 bridgehead atoms.